The number of hydrogen-bond donors (Lipinski definition) is 3. The summed E-state index contributed by atoms with van der Waals surface area (Å²) in [5.41, 5.74) is 5.23. The predicted octanol–water partition coefficient (Wildman–Crippen LogP) is -0.0684. The summed E-state index contributed by atoms with van der Waals surface area (Å²) in [6.45, 7) is 4.17. The average Bonchev–Trinajstić information content (AvgIpc) is 2.19. The Balaban J connectivity index is 2.05. The minimum absolute atomic E-state index is 0.0522. The molecule has 0 aromatic rings. The van der Waals surface area contributed by atoms with E-state index in [0.29, 0.717) is 6.54 Å². The van der Waals surface area contributed by atoms with Gasteiger partial charge in [-0.15, -0.1) is 0 Å². The lowest BCUT2D eigenvalue weighted by Crippen LogP contribution is -2.43. The van der Waals surface area contributed by atoms with Crippen LogP contribution in [0.15, 0.2) is 0 Å². The molecule has 0 spiro atoms. The summed E-state index contributed by atoms with van der Waals surface area (Å²) in [6.07, 6.45) is 4.99. The molecule has 1 rings (SSSR count). The summed E-state index contributed by atoms with van der Waals surface area (Å²) < 4.78 is 0. The summed E-state index contributed by atoms with van der Waals surface area (Å²) in [5, 5.41) is 8.38. The molecule has 0 atom stereocenters. The van der Waals surface area contributed by atoms with Crippen LogP contribution in [0.5, 0.6) is 0 Å². The van der Waals surface area contributed by atoms with Crippen LogP contribution in [-0.2, 0) is 0 Å². The molecule has 0 amide bonds. The molecule has 0 saturated carbocycles. The Morgan fingerprint density at radius 2 is 1.93 bits per heavy atom. The lowest BCUT2D eigenvalue weighted by molar-refractivity contribution is 0.219. The van der Waals surface area contributed by atoms with Crippen molar-refractivity contribution in [3.63, 3.8) is 0 Å². The molecule has 1 saturated heterocycles. The maximum Gasteiger partial charge on any atom is 0.202 e. The molecular weight excluding hydrogens is 178 g/mol. The summed E-state index contributed by atoms with van der Waals surface area (Å²) >= 11 is 0. The molecule has 0 unspecified atom stereocenters. The molecule has 1 heterocycles. The number of hydrogen-bond acceptors (Lipinski definition) is 3. The third-order valence-electron chi connectivity index (χ3n) is 2.63. The van der Waals surface area contributed by atoms with E-state index in [9.17, 15) is 0 Å². The summed E-state index contributed by atoms with van der Waals surface area (Å²) in [6, 6.07) is 0. The lowest BCUT2D eigenvalue weighted by atomic mass is 10.1. The molecule has 5 N–H and O–H groups in total. The fraction of sp³-hybridized carbons (Fsp3) is 0.889. The van der Waals surface area contributed by atoms with Gasteiger partial charge in [0.15, 0.2) is 0 Å². The SMILES string of the molecule is N=C(N)N(N)CCCN1CCCCC1. The van der Waals surface area contributed by atoms with Gasteiger partial charge in [0.1, 0.15) is 0 Å². The van der Waals surface area contributed by atoms with E-state index in [4.69, 9.17) is 17.0 Å². The van der Waals surface area contributed by atoms with Crippen molar-refractivity contribution in [2.75, 3.05) is 26.2 Å². The first kappa shape index (κ1) is 11.3. The fourth-order valence-corrected chi connectivity index (χ4v) is 1.77. The van der Waals surface area contributed by atoms with Gasteiger partial charge < -0.3 is 10.6 Å². The van der Waals surface area contributed by atoms with Gasteiger partial charge in [0, 0.05) is 6.54 Å². The highest BCUT2D eigenvalue weighted by Gasteiger charge is 2.09. The van der Waals surface area contributed by atoms with Gasteiger partial charge in [0.2, 0.25) is 5.96 Å². The fourth-order valence-electron chi connectivity index (χ4n) is 1.77. The van der Waals surface area contributed by atoms with Crippen LogP contribution < -0.4 is 11.6 Å². The van der Waals surface area contributed by atoms with Crippen LogP contribution in [0.1, 0.15) is 25.7 Å². The zero-order valence-corrected chi connectivity index (χ0v) is 8.71. The molecule has 1 aliphatic heterocycles. The van der Waals surface area contributed by atoms with Crippen molar-refractivity contribution in [2.24, 2.45) is 11.6 Å². The number of nitrogens with two attached hydrogens (primary N) is 2. The topological polar surface area (TPSA) is 82.4 Å². The van der Waals surface area contributed by atoms with Crippen LogP contribution >= 0.6 is 0 Å². The Bertz CT molecular complexity index is 176. The van der Waals surface area contributed by atoms with E-state index in [0.717, 1.165) is 13.0 Å². The maximum atomic E-state index is 7.09. The van der Waals surface area contributed by atoms with Gasteiger partial charge in [-0.1, -0.05) is 6.42 Å². The van der Waals surface area contributed by atoms with Gasteiger partial charge in [-0.05, 0) is 38.9 Å². The quantitative estimate of drug-likeness (QED) is 0.256. The minimum Gasteiger partial charge on any atom is -0.369 e. The number of hydrazine groups is 1. The maximum absolute atomic E-state index is 7.09. The zero-order valence-electron chi connectivity index (χ0n) is 8.71. The number of likely N-dealkylation sites (tertiary alicyclic amines) is 1. The van der Waals surface area contributed by atoms with Crippen LogP contribution in [0.4, 0.5) is 0 Å². The molecular formula is C9H21N5. The van der Waals surface area contributed by atoms with Gasteiger partial charge in [-0.3, -0.25) is 10.4 Å². The zero-order chi connectivity index (χ0) is 10.4. The van der Waals surface area contributed by atoms with E-state index in [-0.39, 0.29) is 5.96 Å². The highest BCUT2D eigenvalue weighted by atomic mass is 15.4. The van der Waals surface area contributed by atoms with Crippen LogP contribution in [0.25, 0.3) is 0 Å². The van der Waals surface area contributed by atoms with Crippen molar-refractivity contribution in [1.29, 1.82) is 5.41 Å². The number of nitrogens with one attached hydrogen (secondary N) is 1. The van der Waals surface area contributed by atoms with Crippen molar-refractivity contribution in [2.45, 2.75) is 25.7 Å². The first-order valence-electron chi connectivity index (χ1n) is 5.29. The van der Waals surface area contributed by atoms with Crippen molar-refractivity contribution in [3.05, 3.63) is 0 Å². The third kappa shape index (κ3) is 3.93. The number of guanidine groups is 1. The monoisotopic (exact) mass is 199 g/mol. The number of nitrogens with zero attached hydrogens (tertiary/aromatic N) is 2. The van der Waals surface area contributed by atoms with E-state index < -0.39 is 0 Å². The van der Waals surface area contributed by atoms with Gasteiger partial charge in [-0.25, -0.2) is 5.84 Å². The van der Waals surface area contributed by atoms with Crippen molar-refractivity contribution in [3.8, 4) is 0 Å². The first-order chi connectivity index (χ1) is 6.70. The van der Waals surface area contributed by atoms with Crippen molar-refractivity contribution >= 4 is 5.96 Å². The lowest BCUT2D eigenvalue weighted by Gasteiger charge is -2.27. The smallest absolute Gasteiger partial charge is 0.202 e. The third-order valence-corrected chi connectivity index (χ3v) is 2.63. The van der Waals surface area contributed by atoms with Gasteiger partial charge >= 0.3 is 0 Å². The Hall–Kier alpha value is -0.810. The Morgan fingerprint density at radius 3 is 2.50 bits per heavy atom. The van der Waals surface area contributed by atoms with Crippen LogP contribution in [0.3, 0.4) is 0 Å². The van der Waals surface area contributed by atoms with Gasteiger partial charge in [0.05, 0.1) is 0 Å². The van der Waals surface area contributed by atoms with Gasteiger partial charge in [-0.2, -0.15) is 0 Å². The van der Waals surface area contributed by atoms with E-state index in [1.165, 1.54) is 37.4 Å². The highest BCUT2D eigenvalue weighted by Crippen LogP contribution is 2.08. The largest absolute Gasteiger partial charge is 0.369 e. The van der Waals surface area contributed by atoms with Gasteiger partial charge in [0.25, 0.3) is 0 Å². The number of rotatable bonds is 4. The van der Waals surface area contributed by atoms with Crippen LogP contribution in [0.2, 0.25) is 0 Å². The second-order valence-corrected chi connectivity index (χ2v) is 3.83. The summed E-state index contributed by atoms with van der Waals surface area (Å²) in [5.74, 6) is 5.45. The van der Waals surface area contributed by atoms with E-state index in [1.807, 2.05) is 0 Å². The molecule has 14 heavy (non-hydrogen) atoms. The molecule has 0 radical (unpaired) electrons. The average molecular weight is 199 g/mol. The summed E-state index contributed by atoms with van der Waals surface area (Å²) in [7, 11) is 0. The molecule has 5 nitrogen and oxygen atoms in total. The minimum atomic E-state index is -0.0522. The second kappa shape index (κ2) is 5.82. The van der Waals surface area contributed by atoms with E-state index in [1.54, 1.807) is 0 Å². The standard InChI is InChI=1S/C9H21N5/c10-9(11)14(12)8-4-7-13-5-2-1-3-6-13/h1-8,12H2,(H3,10,11). The molecule has 1 aliphatic rings. The summed E-state index contributed by atoms with van der Waals surface area (Å²) in [4.78, 5) is 2.46. The van der Waals surface area contributed by atoms with Crippen LogP contribution in [0, 0.1) is 5.41 Å². The first-order valence-corrected chi connectivity index (χ1v) is 5.29. The van der Waals surface area contributed by atoms with Crippen molar-refractivity contribution < 1.29 is 0 Å². The molecule has 0 aromatic heterocycles. The van der Waals surface area contributed by atoms with E-state index >= 15 is 0 Å². The van der Waals surface area contributed by atoms with Crippen LogP contribution in [-0.4, -0.2) is 42.0 Å². The Kier molecular flexibility index (Phi) is 4.69. The van der Waals surface area contributed by atoms with Crippen molar-refractivity contribution in [1.82, 2.24) is 9.91 Å². The normalized spacial score (nSPS) is 18.1. The molecule has 1 fully saturated rings. The second-order valence-electron chi connectivity index (χ2n) is 3.83. The number of piperidine rings is 1. The Morgan fingerprint density at radius 1 is 1.29 bits per heavy atom. The highest BCUT2D eigenvalue weighted by molar-refractivity contribution is 5.73. The Labute approximate surface area is 85.5 Å². The molecule has 0 aromatic carbocycles. The van der Waals surface area contributed by atoms with E-state index in [2.05, 4.69) is 4.90 Å². The molecule has 82 valence electrons. The molecule has 5 heteroatoms. The predicted molar refractivity (Wildman–Crippen MR) is 57.7 cm³/mol. The molecule has 0 bridgehead atoms. The molecule has 0 aliphatic carbocycles.